The Balaban J connectivity index is 2.09. The van der Waals surface area contributed by atoms with Gasteiger partial charge in [0.05, 0.1) is 12.7 Å². The zero-order valence-corrected chi connectivity index (χ0v) is 11.2. The third kappa shape index (κ3) is 3.05. The first-order valence-corrected chi connectivity index (χ1v) is 6.25. The molecule has 0 amide bonds. The fourth-order valence-electron chi connectivity index (χ4n) is 1.84. The highest BCUT2D eigenvalue weighted by Crippen LogP contribution is 2.08. The van der Waals surface area contributed by atoms with E-state index in [1.165, 1.54) is 6.33 Å². The molecule has 0 aliphatic rings. The van der Waals surface area contributed by atoms with Gasteiger partial charge in [0, 0.05) is 25.3 Å². The van der Waals surface area contributed by atoms with Crippen molar-refractivity contribution in [1.29, 1.82) is 0 Å². The van der Waals surface area contributed by atoms with E-state index in [2.05, 4.69) is 15.1 Å². The molecule has 0 saturated heterocycles. The molecule has 0 spiro atoms. The number of aromatic nitrogens is 5. The predicted octanol–water partition coefficient (Wildman–Crippen LogP) is 0.440. The van der Waals surface area contributed by atoms with Gasteiger partial charge in [-0.2, -0.15) is 5.10 Å². The fourth-order valence-corrected chi connectivity index (χ4v) is 1.84. The van der Waals surface area contributed by atoms with E-state index in [1.807, 2.05) is 13.8 Å². The monoisotopic (exact) mass is 262 g/mol. The van der Waals surface area contributed by atoms with E-state index >= 15 is 0 Å². The Bertz CT molecular complexity index is 556. The number of carbonyl (C=O) groups is 1. The van der Waals surface area contributed by atoms with Crippen molar-refractivity contribution in [2.45, 2.75) is 32.9 Å². The second-order valence-corrected chi connectivity index (χ2v) is 4.60. The number of nitrogens with zero attached hydrogens (tertiary/aromatic N) is 5. The molecule has 0 radical (unpaired) electrons. The molecule has 2 aromatic heterocycles. The standard InChI is InChI=1S/C12H18N6O/c1-9(2)18-12(14-7-16-18)5-11(19)10-6-17(4-3-13)8-15-10/h6-9H,3-5,13H2,1-2H3. The van der Waals surface area contributed by atoms with Gasteiger partial charge in [0.2, 0.25) is 0 Å². The minimum Gasteiger partial charge on any atom is -0.335 e. The first-order chi connectivity index (χ1) is 9.11. The molecule has 0 fully saturated rings. The van der Waals surface area contributed by atoms with Crippen LogP contribution < -0.4 is 5.73 Å². The zero-order valence-electron chi connectivity index (χ0n) is 11.2. The van der Waals surface area contributed by atoms with E-state index in [-0.39, 0.29) is 18.2 Å². The number of hydrogen-bond donors (Lipinski definition) is 1. The lowest BCUT2D eigenvalue weighted by molar-refractivity contribution is 0.0984. The highest BCUT2D eigenvalue weighted by atomic mass is 16.1. The van der Waals surface area contributed by atoms with Crippen LogP contribution in [0.4, 0.5) is 0 Å². The molecule has 2 N–H and O–H groups in total. The summed E-state index contributed by atoms with van der Waals surface area (Å²) < 4.78 is 3.55. The van der Waals surface area contributed by atoms with Crippen LogP contribution >= 0.6 is 0 Å². The lowest BCUT2D eigenvalue weighted by Gasteiger charge is -2.07. The van der Waals surface area contributed by atoms with Gasteiger partial charge >= 0.3 is 0 Å². The summed E-state index contributed by atoms with van der Waals surface area (Å²) in [5.74, 6) is 0.596. The number of rotatable bonds is 6. The van der Waals surface area contributed by atoms with Crippen molar-refractivity contribution < 1.29 is 4.79 Å². The SMILES string of the molecule is CC(C)n1ncnc1CC(=O)c1cn(CCN)cn1. The maximum Gasteiger partial charge on any atom is 0.190 e. The van der Waals surface area contributed by atoms with Gasteiger partial charge in [0.25, 0.3) is 0 Å². The number of ketones is 1. The fraction of sp³-hybridized carbons (Fsp3) is 0.500. The molecule has 0 atom stereocenters. The maximum absolute atomic E-state index is 12.1. The highest BCUT2D eigenvalue weighted by molar-refractivity contribution is 5.95. The number of imidazole rings is 1. The smallest absolute Gasteiger partial charge is 0.190 e. The predicted molar refractivity (Wildman–Crippen MR) is 69.7 cm³/mol. The van der Waals surface area contributed by atoms with Gasteiger partial charge in [-0.15, -0.1) is 0 Å². The lowest BCUT2D eigenvalue weighted by atomic mass is 10.2. The third-order valence-electron chi connectivity index (χ3n) is 2.76. The Morgan fingerprint density at radius 3 is 2.89 bits per heavy atom. The highest BCUT2D eigenvalue weighted by Gasteiger charge is 2.15. The van der Waals surface area contributed by atoms with Gasteiger partial charge < -0.3 is 10.3 Å². The summed E-state index contributed by atoms with van der Waals surface area (Å²) >= 11 is 0. The summed E-state index contributed by atoms with van der Waals surface area (Å²) in [5.41, 5.74) is 5.89. The van der Waals surface area contributed by atoms with Crippen LogP contribution in [-0.4, -0.2) is 36.6 Å². The van der Waals surface area contributed by atoms with Crippen molar-refractivity contribution in [3.63, 3.8) is 0 Å². The van der Waals surface area contributed by atoms with Gasteiger partial charge in [0.15, 0.2) is 5.78 Å². The third-order valence-corrected chi connectivity index (χ3v) is 2.76. The van der Waals surface area contributed by atoms with Crippen molar-refractivity contribution >= 4 is 5.78 Å². The lowest BCUT2D eigenvalue weighted by Crippen LogP contribution is -2.13. The van der Waals surface area contributed by atoms with Crippen LogP contribution in [0.15, 0.2) is 18.9 Å². The maximum atomic E-state index is 12.1. The Hall–Kier alpha value is -2.02. The first-order valence-electron chi connectivity index (χ1n) is 6.25. The molecule has 19 heavy (non-hydrogen) atoms. The summed E-state index contributed by atoms with van der Waals surface area (Å²) in [6.07, 6.45) is 5.01. The van der Waals surface area contributed by atoms with Crippen molar-refractivity contribution in [1.82, 2.24) is 24.3 Å². The topological polar surface area (TPSA) is 91.6 Å². The van der Waals surface area contributed by atoms with Crippen molar-refractivity contribution in [2.24, 2.45) is 5.73 Å². The first kappa shape index (κ1) is 13.4. The minimum absolute atomic E-state index is 0.0642. The van der Waals surface area contributed by atoms with Crippen LogP contribution in [0.1, 0.15) is 36.2 Å². The molecule has 7 nitrogen and oxygen atoms in total. The molecule has 0 aliphatic carbocycles. The normalized spacial score (nSPS) is 11.2. The van der Waals surface area contributed by atoms with Crippen LogP contribution in [0.25, 0.3) is 0 Å². The molecule has 2 aromatic rings. The Kier molecular flexibility index (Phi) is 4.06. The van der Waals surface area contributed by atoms with Crippen LogP contribution in [0.3, 0.4) is 0 Å². The van der Waals surface area contributed by atoms with Crippen LogP contribution in [0.5, 0.6) is 0 Å². The summed E-state index contributed by atoms with van der Waals surface area (Å²) in [6.45, 7) is 5.17. The number of carbonyl (C=O) groups excluding carboxylic acids is 1. The van der Waals surface area contributed by atoms with Gasteiger partial charge in [-0.1, -0.05) is 0 Å². The average Bonchev–Trinajstić information content (AvgIpc) is 2.98. The van der Waals surface area contributed by atoms with Crippen LogP contribution in [-0.2, 0) is 13.0 Å². The summed E-state index contributed by atoms with van der Waals surface area (Å²) in [7, 11) is 0. The average molecular weight is 262 g/mol. The summed E-state index contributed by atoms with van der Waals surface area (Å²) in [6, 6.07) is 0.181. The minimum atomic E-state index is -0.0642. The van der Waals surface area contributed by atoms with Gasteiger partial charge in [-0.25, -0.2) is 14.6 Å². The number of nitrogens with two attached hydrogens (primary N) is 1. The molecule has 0 bridgehead atoms. The molecule has 2 rings (SSSR count). The van der Waals surface area contributed by atoms with Crippen molar-refractivity contribution in [2.75, 3.05) is 6.54 Å². The van der Waals surface area contributed by atoms with Crippen molar-refractivity contribution in [3.05, 3.63) is 30.4 Å². The quantitative estimate of drug-likeness (QED) is 0.763. The largest absolute Gasteiger partial charge is 0.335 e. The van der Waals surface area contributed by atoms with E-state index in [0.717, 1.165) is 0 Å². The number of Topliss-reactive ketones (excluding diaryl/α,β-unsaturated/α-hetero) is 1. The second kappa shape index (κ2) is 5.75. The van der Waals surface area contributed by atoms with Crippen LogP contribution in [0, 0.1) is 0 Å². The summed E-state index contributed by atoms with van der Waals surface area (Å²) in [4.78, 5) is 20.3. The van der Waals surface area contributed by atoms with E-state index in [1.54, 1.807) is 21.8 Å². The zero-order chi connectivity index (χ0) is 13.8. The summed E-state index contributed by atoms with van der Waals surface area (Å²) in [5, 5.41) is 4.11. The van der Waals surface area contributed by atoms with Gasteiger partial charge in [-0.3, -0.25) is 4.79 Å². The molecule has 2 heterocycles. The van der Waals surface area contributed by atoms with E-state index in [0.29, 0.717) is 24.6 Å². The van der Waals surface area contributed by atoms with E-state index in [9.17, 15) is 4.79 Å². The van der Waals surface area contributed by atoms with Gasteiger partial charge in [0.1, 0.15) is 17.8 Å². The van der Waals surface area contributed by atoms with E-state index in [4.69, 9.17) is 5.73 Å². The van der Waals surface area contributed by atoms with Gasteiger partial charge in [-0.05, 0) is 13.8 Å². The molecule has 0 aromatic carbocycles. The Morgan fingerprint density at radius 1 is 1.42 bits per heavy atom. The van der Waals surface area contributed by atoms with Crippen LogP contribution in [0.2, 0.25) is 0 Å². The molecule has 0 saturated carbocycles. The molecular weight excluding hydrogens is 244 g/mol. The Morgan fingerprint density at radius 2 is 2.21 bits per heavy atom. The molecule has 7 heteroatoms. The molecule has 0 aliphatic heterocycles. The van der Waals surface area contributed by atoms with Crippen molar-refractivity contribution in [3.8, 4) is 0 Å². The Labute approximate surface area is 111 Å². The molecule has 0 unspecified atom stereocenters. The number of hydrogen-bond acceptors (Lipinski definition) is 5. The molecular formula is C12H18N6O. The second-order valence-electron chi connectivity index (χ2n) is 4.60. The molecule has 102 valence electrons. The van der Waals surface area contributed by atoms with E-state index < -0.39 is 0 Å².